The second-order valence-corrected chi connectivity index (χ2v) is 9.70. The smallest absolute Gasteiger partial charge is 0.302 e. The number of allylic oxidation sites excluding steroid dienone is 1. The summed E-state index contributed by atoms with van der Waals surface area (Å²) < 4.78 is 5.50. The van der Waals surface area contributed by atoms with Crippen molar-refractivity contribution in [2.24, 2.45) is 28.6 Å². The maximum Gasteiger partial charge on any atom is 0.302 e. The van der Waals surface area contributed by atoms with Gasteiger partial charge in [0.05, 0.1) is 6.07 Å². The van der Waals surface area contributed by atoms with E-state index in [0.29, 0.717) is 24.2 Å². The Labute approximate surface area is 156 Å². The zero-order valence-corrected chi connectivity index (χ0v) is 16.3. The van der Waals surface area contributed by atoms with Crippen molar-refractivity contribution in [1.29, 1.82) is 5.26 Å². The highest BCUT2D eigenvalue weighted by Crippen LogP contribution is 2.67. The first-order chi connectivity index (χ1) is 12.2. The number of aliphatic hydroxyl groups is 1. The zero-order chi connectivity index (χ0) is 18.7. The van der Waals surface area contributed by atoms with Gasteiger partial charge in [0.2, 0.25) is 0 Å². The summed E-state index contributed by atoms with van der Waals surface area (Å²) in [5.41, 5.74) is 0.252. The molecule has 0 bridgehead atoms. The fourth-order valence-corrected chi connectivity index (χ4v) is 7.16. The van der Waals surface area contributed by atoms with Crippen LogP contribution in [-0.4, -0.2) is 22.8 Å². The highest BCUT2D eigenvalue weighted by atomic mass is 16.5. The molecule has 0 unspecified atom stereocenters. The first kappa shape index (κ1) is 18.0. The molecule has 0 aromatic rings. The van der Waals surface area contributed by atoms with Gasteiger partial charge in [-0.05, 0) is 68.1 Å². The van der Waals surface area contributed by atoms with Gasteiger partial charge in [-0.15, -0.1) is 0 Å². The number of nitrogens with zero attached hydrogens (tertiary/aromatic N) is 1. The van der Waals surface area contributed by atoms with Crippen LogP contribution < -0.4 is 0 Å². The third-order valence-corrected chi connectivity index (χ3v) is 8.73. The minimum absolute atomic E-state index is 0.0346. The van der Waals surface area contributed by atoms with E-state index in [1.807, 2.05) is 0 Å². The van der Waals surface area contributed by atoms with Crippen molar-refractivity contribution in [3.63, 3.8) is 0 Å². The summed E-state index contributed by atoms with van der Waals surface area (Å²) >= 11 is 0. The molecule has 0 amide bonds. The number of esters is 1. The van der Waals surface area contributed by atoms with Crippen LogP contribution >= 0.6 is 0 Å². The summed E-state index contributed by atoms with van der Waals surface area (Å²) in [7, 11) is 0. The fraction of sp³-hybridized carbons (Fsp3) is 0.818. The third kappa shape index (κ3) is 2.32. The van der Waals surface area contributed by atoms with E-state index in [1.54, 1.807) is 0 Å². The SMILES string of the molecule is CC(=O)O[C@@H]1CC[C@@]2(C)C(=CC[C@H]3[C@H]2CC[C@@]2(C)[C@@H]3CC[C@]2(O)C#N)C1. The molecular formula is C22H31NO3. The van der Waals surface area contributed by atoms with Gasteiger partial charge in [0, 0.05) is 18.8 Å². The first-order valence-electron chi connectivity index (χ1n) is 10.2. The molecule has 0 heterocycles. The van der Waals surface area contributed by atoms with E-state index in [-0.39, 0.29) is 22.9 Å². The van der Waals surface area contributed by atoms with Crippen LogP contribution in [0.4, 0.5) is 0 Å². The van der Waals surface area contributed by atoms with E-state index in [1.165, 1.54) is 12.5 Å². The molecule has 4 rings (SSSR count). The lowest BCUT2D eigenvalue weighted by atomic mass is 9.47. The molecule has 142 valence electrons. The van der Waals surface area contributed by atoms with Gasteiger partial charge in [0.1, 0.15) is 6.10 Å². The third-order valence-electron chi connectivity index (χ3n) is 8.73. The van der Waals surface area contributed by atoms with Gasteiger partial charge in [-0.3, -0.25) is 4.79 Å². The molecule has 1 N–H and O–H groups in total. The van der Waals surface area contributed by atoms with Crippen LogP contribution in [0.25, 0.3) is 0 Å². The molecule has 0 aliphatic heterocycles. The van der Waals surface area contributed by atoms with Gasteiger partial charge in [-0.1, -0.05) is 25.5 Å². The van der Waals surface area contributed by atoms with Gasteiger partial charge in [-0.25, -0.2) is 0 Å². The van der Waals surface area contributed by atoms with E-state index < -0.39 is 5.60 Å². The molecule has 4 heteroatoms. The Kier molecular flexibility index (Phi) is 4.04. The van der Waals surface area contributed by atoms with Crippen LogP contribution in [0.3, 0.4) is 0 Å². The van der Waals surface area contributed by atoms with Gasteiger partial charge in [0.15, 0.2) is 5.60 Å². The lowest BCUT2D eigenvalue weighted by Crippen LogP contribution is -2.54. The first-order valence-corrected chi connectivity index (χ1v) is 10.2. The van der Waals surface area contributed by atoms with Gasteiger partial charge >= 0.3 is 5.97 Å². The summed E-state index contributed by atoms with van der Waals surface area (Å²) in [4.78, 5) is 11.3. The lowest BCUT2D eigenvalue weighted by Gasteiger charge is -2.58. The molecular weight excluding hydrogens is 326 g/mol. The second-order valence-electron chi connectivity index (χ2n) is 9.70. The molecule has 26 heavy (non-hydrogen) atoms. The standard InChI is InChI=1S/C22H31NO3/c1-14(24)26-16-6-9-20(2)15(12-16)4-5-17-18(20)7-10-21(3)19(17)8-11-22(21,25)13-23/h4,16-19,25H,5-12H2,1-3H3/t16-,17+,18-,19-,20+,21+,22+/m1/s1. The molecule has 0 aromatic carbocycles. The van der Waals surface area contributed by atoms with Crippen LogP contribution in [0.2, 0.25) is 0 Å². The summed E-state index contributed by atoms with van der Waals surface area (Å²) in [5, 5.41) is 20.5. The second kappa shape index (κ2) is 5.83. The Morgan fingerprint density at radius 1 is 1.23 bits per heavy atom. The van der Waals surface area contributed by atoms with Crippen LogP contribution in [0.5, 0.6) is 0 Å². The predicted molar refractivity (Wildman–Crippen MR) is 97.8 cm³/mol. The molecule has 4 nitrogen and oxygen atoms in total. The Morgan fingerprint density at radius 3 is 2.65 bits per heavy atom. The minimum Gasteiger partial charge on any atom is -0.462 e. The van der Waals surface area contributed by atoms with Crippen LogP contribution in [0.1, 0.15) is 72.1 Å². The van der Waals surface area contributed by atoms with E-state index in [0.717, 1.165) is 44.9 Å². The molecule has 4 aliphatic rings. The monoisotopic (exact) mass is 357 g/mol. The maximum atomic E-state index is 11.3. The quantitative estimate of drug-likeness (QED) is 0.435. The number of hydrogen-bond donors (Lipinski definition) is 1. The van der Waals surface area contributed by atoms with Crippen molar-refractivity contribution in [1.82, 2.24) is 0 Å². The average molecular weight is 357 g/mol. The highest BCUT2D eigenvalue weighted by molar-refractivity contribution is 5.66. The number of nitriles is 1. The van der Waals surface area contributed by atoms with Crippen molar-refractivity contribution >= 4 is 5.97 Å². The Bertz CT molecular complexity index is 694. The van der Waals surface area contributed by atoms with Crippen molar-refractivity contribution in [3.8, 4) is 6.07 Å². The molecule has 0 saturated heterocycles. The van der Waals surface area contributed by atoms with Crippen LogP contribution in [0.15, 0.2) is 11.6 Å². The molecule has 4 aliphatic carbocycles. The number of ether oxygens (including phenoxy) is 1. The normalized spacial score (nSPS) is 49.9. The maximum absolute atomic E-state index is 11.3. The fourth-order valence-electron chi connectivity index (χ4n) is 7.16. The van der Waals surface area contributed by atoms with E-state index in [2.05, 4.69) is 26.0 Å². The van der Waals surface area contributed by atoms with Crippen molar-refractivity contribution in [3.05, 3.63) is 11.6 Å². The Morgan fingerprint density at radius 2 is 1.96 bits per heavy atom. The highest BCUT2D eigenvalue weighted by Gasteiger charge is 2.64. The van der Waals surface area contributed by atoms with Crippen LogP contribution in [0, 0.1) is 39.9 Å². The van der Waals surface area contributed by atoms with Crippen molar-refractivity contribution in [2.75, 3.05) is 0 Å². The van der Waals surface area contributed by atoms with E-state index in [4.69, 9.17) is 4.74 Å². The summed E-state index contributed by atoms with van der Waals surface area (Å²) in [6.45, 7) is 6.06. The number of fused-ring (bicyclic) bond motifs is 5. The Balaban J connectivity index is 1.61. The number of hydrogen-bond acceptors (Lipinski definition) is 4. The van der Waals surface area contributed by atoms with E-state index >= 15 is 0 Å². The van der Waals surface area contributed by atoms with Gasteiger partial charge < -0.3 is 9.84 Å². The van der Waals surface area contributed by atoms with Crippen molar-refractivity contribution in [2.45, 2.75) is 83.8 Å². The van der Waals surface area contributed by atoms with Crippen molar-refractivity contribution < 1.29 is 14.6 Å². The van der Waals surface area contributed by atoms with Crippen LogP contribution in [-0.2, 0) is 9.53 Å². The zero-order valence-electron chi connectivity index (χ0n) is 16.3. The Hall–Kier alpha value is -1.34. The number of carbonyl (C=O) groups is 1. The topological polar surface area (TPSA) is 70.3 Å². The number of rotatable bonds is 1. The van der Waals surface area contributed by atoms with E-state index in [9.17, 15) is 15.2 Å². The summed E-state index contributed by atoms with van der Waals surface area (Å²) in [5.74, 6) is 1.45. The predicted octanol–water partition coefficient (Wildman–Crippen LogP) is 4.14. The largest absolute Gasteiger partial charge is 0.462 e. The molecule has 3 saturated carbocycles. The number of carbonyl (C=O) groups excluding carboxylic acids is 1. The average Bonchev–Trinajstić information content (AvgIpc) is 2.87. The molecule has 0 spiro atoms. The molecule has 7 atom stereocenters. The molecule has 0 aromatic heterocycles. The molecule has 0 radical (unpaired) electrons. The lowest BCUT2D eigenvalue weighted by molar-refractivity contribution is -0.149. The minimum atomic E-state index is -1.15. The summed E-state index contributed by atoms with van der Waals surface area (Å²) in [6, 6.07) is 2.26. The van der Waals surface area contributed by atoms with Gasteiger partial charge in [0.25, 0.3) is 0 Å². The van der Waals surface area contributed by atoms with Gasteiger partial charge in [-0.2, -0.15) is 5.26 Å². The summed E-state index contributed by atoms with van der Waals surface area (Å²) in [6.07, 6.45) is 10.0. The molecule has 3 fully saturated rings.